The summed E-state index contributed by atoms with van der Waals surface area (Å²) in [5.74, 6) is 1.31. The van der Waals surface area contributed by atoms with E-state index < -0.39 is 0 Å². The number of aromatic nitrogens is 1. The molecule has 0 spiro atoms. The van der Waals surface area contributed by atoms with Gasteiger partial charge in [0.1, 0.15) is 5.69 Å². The van der Waals surface area contributed by atoms with E-state index in [9.17, 15) is 0 Å². The summed E-state index contributed by atoms with van der Waals surface area (Å²) < 4.78 is 5.58. The zero-order valence-corrected chi connectivity index (χ0v) is 11.9. The van der Waals surface area contributed by atoms with Crippen molar-refractivity contribution >= 4 is 0 Å². The van der Waals surface area contributed by atoms with E-state index >= 15 is 0 Å². The Balaban J connectivity index is 2.30. The quantitative estimate of drug-likeness (QED) is 0.797. The molecule has 19 heavy (non-hydrogen) atoms. The van der Waals surface area contributed by atoms with Crippen LogP contribution in [0.4, 0.5) is 0 Å². The number of nitrogens with one attached hydrogen (secondary N) is 1. The number of benzene rings is 1. The van der Waals surface area contributed by atoms with Crippen LogP contribution in [0.25, 0.3) is 11.3 Å². The molecule has 3 nitrogen and oxygen atoms in total. The van der Waals surface area contributed by atoms with Crippen LogP contribution in [0.1, 0.15) is 44.4 Å². The average Bonchev–Trinajstić information content (AvgIpc) is 2.84. The molecule has 1 N–H and O–H groups in total. The van der Waals surface area contributed by atoms with E-state index in [1.54, 1.807) is 0 Å². The minimum atomic E-state index is 0.403. The Bertz CT molecular complexity index is 503. The Labute approximate surface area is 115 Å². The Morgan fingerprint density at radius 3 is 2.58 bits per heavy atom. The third kappa shape index (κ3) is 3.24. The van der Waals surface area contributed by atoms with Crippen molar-refractivity contribution in [2.45, 2.75) is 39.7 Å². The molecule has 0 amide bonds. The molecule has 0 aliphatic carbocycles. The first-order chi connectivity index (χ1) is 9.24. The molecular weight excluding hydrogens is 236 g/mol. The van der Waals surface area contributed by atoms with E-state index in [4.69, 9.17) is 4.52 Å². The summed E-state index contributed by atoms with van der Waals surface area (Å²) in [6.07, 6.45) is 1.13. The van der Waals surface area contributed by atoms with Gasteiger partial charge in [0.25, 0.3) is 0 Å². The number of hydrogen-bond acceptors (Lipinski definition) is 3. The molecule has 0 aliphatic rings. The molecule has 1 aromatic carbocycles. The summed E-state index contributed by atoms with van der Waals surface area (Å²) in [4.78, 5) is 0. The van der Waals surface area contributed by atoms with Crippen LogP contribution in [-0.2, 0) is 6.54 Å². The van der Waals surface area contributed by atoms with Crippen molar-refractivity contribution in [1.29, 1.82) is 0 Å². The molecule has 0 bridgehead atoms. The van der Waals surface area contributed by atoms with Crippen LogP contribution in [0.2, 0.25) is 0 Å². The summed E-state index contributed by atoms with van der Waals surface area (Å²) in [7, 11) is 0. The zero-order valence-electron chi connectivity index (χ0n) is 11.9. The fourth-order valence-corrected chi connectivity index (χ4v) is 2.23. The van der Waals surface area contributed by atoms with Crippen molar-refractivity contribution in [3.05, 3.63) is 41.6 Å². The first-order valence-corrected chi connectivity index (χ1v) is 6.98. The van der Waals surface area contributed by atoms with Gasteiger partial charge in [-0.25, -0.2) is 0 Å². The van der Waals surface area contributed by atoms with E-state index in [0.29, 0.717) is 5.92 Å². The number of hydrogen-bond donors (Lipinski definition) is 1. The van der Waals surface area contributed by atoms with Crippen LogP contribution >= 0.6 is 0 Å². The van der Waals surface area contributed by atoms with Crippen molar-refractivity contribution in [3.63, 3.8) is 0 Å². The Kier molecular flexibility index (Phi) is 4.74. The maximum absolute atomic E-state index is 5.58. The second-order valence-electron chi connectivity index (χ2n) is 5.07. The van der Waals surface area contributed by atoms with Gasteiger partial charge in [-0.05, 0) is 18.9 Å². The molecule has 3 heteroatoms. The van der Waals surface area contributed by atoms with E-state index in [1.807, 2.05) is 18.2 Å². The molecule has 1 heterocycles. The molecule has 0 radical (unpaired) electrons. The summed E-state index contributed by atoms with van der Waals surface area (Å²) in [6.45, 7) is 8.31. The van der Waals surface area contributed by atoms with Gasteiger partial charge in [-0.1, -0.05) is 56.3 Å². The minimum absolute atomic E-state index is 0.403. The number of nitrogens with zero attached hydrogens (tertiary/aromatic N) is 1. The molecule has 0 fully saturated rings. The normalized spacial score (nSPS) is 11.2. The fourth-order valence-electron chi connectivity index (χ4n) is 2.23. The lowest BCUT2D eigenvalue weighted by Gasteiger charge is -2.08. The highest BCUT2D eigenvalue weighted by atomic mass is 16.5. The van der Waals surface area contributed by atoms with Crippen LogP contribution in [0.3, 0.4) is 0 Å². The first-order valence-electron chi connectivity index (χ1n) is 6.98. The molecule has 1 aromatic heterocycles. The van der Waals surface area contributed by atoms with Crippen molar-refractivity contribution in [2.75, 3.05) is 6.54 Å². The van der Waals surface area contributed by atoms with Gasteiger partial charge < -0.3 is 9.84 Å². The fraction of sp³-hybridized carbons (Fsp3) is 0.438. The summed E-state index contributed by atoms with van der Waals surface area (Å²) in [5.41, 5.74) is 3.34. The lowest BCUT2D eigenvalue weighted by molar-refractivity contribution is 0.420. The lowest BCUT2D eigenvalue weighted by atomic mass is 9.97. The summed E-state index contributed by atoms with van der Waals surface area (Å²) in [5, 5.41) is 7.64. The van der Waals surface area contributed by atoms with Crippen molar-refractivity contribution in [1.82, 2.24) is 10.5 Å². The van der Waals surface area contributed by atoms with Gasteiger partial charge in [0.15, 0.2) is 5.76 Å². The smallest absolute Gasteiger partial charge is 0.170 e. The lowest BCUT2D eigenvalue weighted by Crippen LogP contribution is -2.15. The second kappa shape index (κ2) is 6.53. The SMILES string of the molecule is CCCNCc1noc(-c2ccccc2)c1C(C)C. The van der Waals surface area contributed by atoms with E-state index in [1.165, 1.54) is 5.56 Å². The monoisotopic (exact) mass is 258 g/mol. The van der Waals surface area contributed by atoms with Gasteiger partial charge in [0, 0.05) is 17.7 Å². The largest absolute Gasteiger partial charge is 0.356 e. The molecule has 102 valence electrons. The third-order valence-corrected chi connectivity index (χ3v) is 3.14. The predicted molar refractivity (Wildman–Crippen MR) is 78.0 cm³/mol. The van der Waals surface area contributed by atoms with Gasteiger partial charge in [0.2, 0.25) is 0 Å². The maximum Gasteiger partial charge on any atom is 0.170 e. The number of rotatable bonds is 6. The highest BCUT2D eigenvalue weighted by molar-refractivity contribution is 5.62. The highest BCUT2D eigenvalue weighted by Gasteiger charge is 2.19. The maximum atomic E-state index is 5.58. The van der Waals surface area contributed by atoms with Crippen LogP contribution in [0, 0.1) is 0 Å². The topological polar surface area (TPSA) is 38.1 Å². The molecule has 0 aliphatic heterocycles. The second-order valence-corrected chi connectivity index (χ2v) is 5.07. The summed E-state index contributed by atoms with van der Waals surface area (Å²) >= 11 is 0. The van der Waals surface area contributed by atoms with Crippen LogP contribution in [-0.4, -0.2) is 11.7 Å². The summed E-state index contributed by atoms with van der Waals surface area (Å²) in [6, 6.07) is 10.2. The van der Waals surface area contributed by atoms with E-state index in [2.05, 4.69) is 43.4 Å². The van der Waals surface area contributed by atoms with Gasteiger partial charge in [0.05, 0.1) is 0 Å². The molecule has 0 saturated heterocycles. The average molecular weight is 258 g/mol. The van der Waals surface area contributed by atoms with Crippen molar-refractivity contribution in [3.8, 4) is 11.3 Å². The minimum Gasteiger partial charge on any atom is -0.356 e. The Morgan fingerprint density at radius 1 is 1.21 bits per heavy atom. The molecule has 0 saturated carbocycles. The molecule has 2 aromatic rings. The first kappa shape index (κ1) is 13.8. The standard InChI is InChI=1S/C16H22N2O/c1-4-10-17-11-14-15(12(2)3)16(19-18-14)13-8-6-5-7-9-13/h5-9,12,17H,4,10-11H2,1-3H3. The zero-order chi connectivity index (χ0) is 13.7. The van der Waals surface area contributed by atoms with Crippen molar-refractivity contribution < 1.29 is 4.52 Å². The predicted octanol–water partition coefficient (Wildman–Crippen LogP) is 3.96. The van der Waals surface area contributed by atoms with Gasteiger partial charge in [-0.3, -0.25) is 0 Å². The van der Waals surface area contributed by atoms with E-state index in [0.717, 1.165) is 36.5 Å². The molecule has 0 unspecified atom stereocenters. The van der Waals surface area contributed by atoms with Crippen LogP contribution < -0.4 is 5.32 Å². The van der Waals surface area contributed by atoms with Crippen LogP contribution in [0.15, 0.2) is 34.9 Å². The van der Waals surface area contributed by atoms with Gasteiger partial charge in [-0.15, -0.1) is 0 Å². The van der Waals surface area contributed by atoms with Crippen molar-refractivity contribution in [2.24, 2.45) is 0 Å². The highest BCUT2D eigenvalue weighted by Crippen LogP contribution is 2.31. The van der Waals surface area contributed by atoms with Crippen LogP contribution in [0.5, 0.6) is 0 Å². The Morgan fingerprint density at radius 2 is 1.95 bits per heavy atom. The molecule has 0 atom stereocenters. The van der Waals surface area contributed by atoms with Gasteiger partial charge >= 0.3 is 0 Å². The molecule has 2 rings (SSSR count). The Hall–Kier alpha value is -1.61. The third-order valence-electron chi connectivity index (χ3n) is 3.14. The van der Waals surface area contributed by atoms with E-state index in [-0.39, 0.29) is 0 Å². The van der Waals surface area contributed by atoms with Gasteiger partial charge in [-0.2, -0.15) is 0 Å². The molecular formula is C16H22N2O.